The molecule has 0 aliphatic heterocycles. The Hall–Kier alpha value is -2.04. The molecule has 0 spiro atoms. The number of hydrogen-bond donors (Lipinski definition) is 0. The molecule has 0 fully saturated rings. The van der Waals surface area contributed by atoms with Crippen LogP contribution in [0.4, 0.5) is 0 Å². The van der Waals surface area contributed by atoms with Gasteiger partial charge in [-0.1, -0.05) is 25.1 Å². The Morgan fingerprint density at radius 1 is 1.20 bits per heavy atom. The lowest BCUT2D eigenvalue weighted by molar-refractivity contribution is -0.146. The summed E-state index contributed by atoms with van der Waals surface area (Å²) in [4.78, 5) is 25.1. The summed E-state index contributed by atoms with van der Waals surface area (Å²) in [5.74, 6) is 0.156. The van der Waals surface area contributed by atoms with Crippen LogP contribution in [0, 0.1) is 0 Å². The fourth-order valence-electron chi connectivity index (χ4n) is 1.91. The third-order valence-corrected chi connectivity index (χ3v) is 2.93. The third kappa shape index (κ3) is 4.57. The third-order valence-electron chi connectivity index (χ3n) is 2.93. The number of esters is 1. The zero-order valence-electron chi connectivity index (χ0n) is 12.2. The fourth-order valence-corrected chi connectivity index (χ4v) is 1.91. The summed E-state index contributed by atoms with van der Waals surface area (Å²) in [6.45, 7) is 2.47. The standard InChI is InChI=1S/C15H21NO4/c1-4-9-16(11-15(18)20-3)14(17)10-12-7-5-6-8-13(12)19-2/h5-8H,4,9-11H2,1-3H3. The molecule has 0 aliphatic rings. The first-order valence-corrected chi connectivity index (χ1v) is 6.58. The molecule has 1 aromatic rings. The van der Waals surface area contributed by atoms with Gasteiger partial charge in [0.15, 0.2) is 0 Å². The van der Waals surface area contributed by atoms with Crippen molar-refractivity contribution in [1.82, 2.24) is 4.90 Å². The van der Waals surface area contributed by atoms with Crippen LogP contribution in [-0.2, 0) is 20.7 Å². The van der Waals surface area contributed by atoms with Crippen molar-refractivity contribution in [1.29, 1.82) is 0 Å². The molecule has 0 aromatic heterocycles. The van der Waals surface area contributed by atoms with Gasteiger partial charge in [0.25, 0.3) is 0 Å². The Balaban J connectivity index is 2.77. The predicted molar refractivity (Wildman–Crippen MR) is 75.6 cm³/mol. The van der Waals surface area contributed by atoms with E-state index in [9.17, 15) is 9.59 Å². The molecule has 0 N–H and O–H groups in total. The van der Waals surface area contributed by atoms with Gasteiger partial charge < -0.3 is 14.4 Å². The molecule has 1 aromatic carbocycles. The summed E-state index contributed by atoms with van der Waals surface area (Å²) in [7, 11) is 2.89. The lowest BCUT2D eigenvalue weighted by Gasteiger charge is -2.21. The molecule has 0 bridgehead atoms. The van der Waals surface area contributed by atoms with Crippen LogP contribution in [0.1, 0.15) is 18.9 Å². The number of carbonyl (C=O) groups is 2. The van der Waals surface area contributed by atoms with E-state index < -0.39 is 5.97 Å². The molecule has 5 heteroatoms. The van der Waals surface area contributed by atoms with Crippen LogP contribution in [0.3, 0.4) is 0 Å². The van der Waals surface area contributed by atoms with Crippen LogP contribution in [-0.4, -0.2) is 44.1 Å². The van der Waals surface area contributed by atoms with Crippen LogP contribution in [0.5, 0.6) is 5.75 Å². The van der Waals surface area contributed by atoms with E-state index in [2.05, 4.69) is 4.74 Å². The maximum atomic E-state index is 12.3. The first kappa shape index (κ1) is 16.0. The maximum absolute atomic E-state index is 12.3. The van der Waals surface area contributed by atoms with Crippen molar-refractivity contribution in [3.63, 3.8) is 0 Å². The molecule has 0 atom stereocenters. The van der Waals surface area contributed by atoms with Gasteiger partial charge in [0, 0.05) is 12.1 Å². The first-order chi connectivity index (χ1) is 9.62. The van der Waals surface area contributed by atoms with Crippen molar-refractivity contribution in [2.45, 2.75) is 19.8 Å². The average Bonchev–Trinajstić information content (AvgIpc) is 2.47. The number of amides is 1. The van der Waals surface area contributed by atoms with Gasteiger partial charge >= 0.3 is 5.97 Å². The van der Waals surface area contributed by atoms with E-state index in [4.69, 9.17) is 4.74 Å². The molecular weight excluding hydrogens is 258 g/mol. The lowest BCUT2D eigenvalue weighted by Crippen LogP contribution is -2.37. The van der Waals surface area contributed by atoms with Gasteiger partial charge in [-0.2, -0.15) is 0 Å². The first-order valence-electron chi connectivity index (χ1n) is 6.58. The highest BCUT2D eigenvalue weighted by Gasteiger charge is 2.18. The van der Waals surface area contributed by atoms with Crippen molar-refractivity contribution in [2.24, 2.45) is 0 Å². The van der Waals surface area contributed by atoms with Crippen molar-refractivity contribution < 1.29 is 19.1 Å². The second kappa shape index (κ2) is 8.19. The normalized spacial score (nSPS) is 9.95. The zero-order valence-corrected chi connectivity index (χ0v) is 12.2. The zero-order chi connectivity index (χ0) is 15.0. The van der Waals surface area contributed by atoms with E-state index in [-0.39, 0.29) is 18.9 Å². The van der Waals surface area contributed by atoms with E-state index in [1.54, 1.807) is 7.11 Å². The second-order valence-corrected chi connectivity index (χ2v) is 4.38. The number of hydrogen-bond acceptors (Lipinski definition) is 4. The van der Waals surface area contributed by atoms with E-state index in [0.29, 0.717) is 12.3 Å². The number of methoxy groups -OCH3 is 2. The van der Waals surface area contributed by atoms with Crippen LogP contribution in [0.2, 0.25) is 0 Å². The number of carbonyl (C=O) groups excluding carboxylic acids is 2. The summed E-state index contributed by atoms with van der Waals surface area (Å²) >= 11 is 0. The summed E-state index contributed by atoms with van der Waals surface area (Å²) in [6, 6.07) is 7.37. The van der Waals surface area contributed by atoms with Crippen LogP contribution < -0.4 is 4.74 Å². The van der Waals surface area contributed by atoms with E-state index in [0.717, 1.165) is 12.0 Å². The van der Waals surface area contributed by atoms with Gasteiger partial charge in [0.1, 0.15) is 12.3 Å². The molecule has 20 heavy (non-hydrogen) atoms. The topological polar surface area (TPSA) is 55.8 Å². The summed E-state index contributed by atoms with van der Waals surface area (Å²) in [6.07, 6.45) is 0.996. The number of benzene rings is 1. The Labute approximate surface area is 119 Å². The van der Waals surface area contributed by atoms with E-state index >= 15 is 0 Å². The molecule has 0 heterocycles. The minimum atomic E-state index is -0.410. The monoisotopic (exact) mass is 279 g/mol. The average molecular weight is 279 g/mol. The van der Waals surface area contributed by atoms with Crippen LogP contribution in [0.15, 0.2) is 24.3 Å². The number of para-hydroxylation sites is 1. The van der Waals surface area contributed by atoms with Gasteiger partial charge in [0.05, 0.1) is 20.6 Å². The SMILES string of the molecule is CCCN(CC(=O)OC)C(=O)Cc1ccccc1OC. The van der Waals surface area contributed by atoms with Crippen LogP contribution >= 0.6 is 0 Å². The van der Waals surface area contributed by atoms with Crippen molar-refractivity contribution >= 4 is 11.9 Å². The number of ether oxygens (including phenoxy) is 2. The minimum Gasteiger partial charge on any atom is -0.496 e. The maximum Gasteiger partial charge on any atom is 0.325 e. The lowest BCUT2D eigenvalue weighted by atomic mass is 10.1. The van der Waals surface area contributed by atoms with Gasteiger partial charge in [-0.05, 0) is 12.5 Å². The highest BCUT2D eigenvalue weighted by atomic mass is 16.5. The van der Waals surface area contributed by atoms with Crippen molar-refractivity contribution in [3.05, 3.63) is 29.8 Å². The molecule has 0 aliphatic carbocycles. The molecule has 1 rings (SSSR count). The molecule has 5 nitrogen and oxygen atoms in total. The van der Waals surface area contributed by atoms with Crippen molar-refractivity contribution in [3.8, 4) is 5.75 Å². The Kier molecular flexibility index (Phi) is 6.56. The molecule has 0 radical (unpaired) electrons. The number of rotatable bonds is 7. The highest BCUT2D eigenvalue weighted by molar-refractivity contribution is 5.84. The molecule has 0 unspecified atom stereocenters. The number of nitrogens with zero attached hydrogens (tertiary/aromatic N) is 1. The Bertz CT molecular complexity index is 459. The summed E-state index contributed by atoms with van der Waals surface area (Å²) in [5, 5.41) is 0. The van der Waals surface area contributed by atoms with Crippen molar-refractivity contribution in [2.75, 3.05) is 27.3 Å². The molecular formula is C15H21NO4. The van der Waals surface area contributed by atoms with Crippen LogP contribution in [0.25, 0.3) is 0 Å². The van der Waals surface area contributed by atoms with Gasteiger partial charge in [0.2, 0.25) is 5.91 Å². The Morgan fingerprint density at radius 3 is 2.50 bits per heavy atom. The predicted octanol–water partition coefficient (Wildman–Crippen LogP) is 1.65. The molecule has 0 saturated heterocycles. The smallest absolute Gasteiger partial charge is 0.325 e. The molecule has 1 amide bonds. The van der Waals surface area contributed by atoms with Gasteiger partial charge in [-0.15, -0.1) is 0 Å². The fraction of sp³-hybridized carbons (Fsp3) is 0.467. The largest absolute Gasteiger partial charge is 0.496 e. The summed E-state index contributed by atoms with van der Waals surface area (Å²) < 4.78 is 9.84. The minimum absolute atomic E-state index is 0.0156. The van der Waals surface area contributed by atoms with Gasteiger partial charge in [-0.3, -0.25) is 9.59 Å². The Morgan fingerprint density at radius 2 is 1.90 bits per heavy atom. The van der Waals surface area contributed by atoms with Gasteiger partial charge in [-0.25, -0.2) is 0 Å². The molecule has 0 saturated carbocycles. The van der Waals surface area contributed by atoms with E-state index in [1.165, 1.54) is 12.0 Å². The highest BCUT2D eigenvalue weighted by Crippen LogP contribution is 2.18. The molecule has 110 valence electrons. The van der Waals surface area contributed by atoms with E-state index in [1.807, 2.05) is 31.2 Å². The second-order valence-electron chi connectivity index (χ2n) is 4.38. The summed E-state index contributed by atoms with van der Waals surface area (Å²) in [5.41, 5.74) is 0.811. The quantitative estimate of drug-likeness (QED) is 0.712.